The van der Waals surface area contributed by atoms with Gasteiger partial charge in [-0.25, -0.2) is 4.98 Å². The molecule has 1 saturated heterocycles. The molecular formula is C22H25N3O2S. The molecule has 3 heterocycles. The van der Waals surface area contributed by atoms with Crippen LogP contribution in [0.2, 0.25) is 0 Å². The lowest BCUT2D eigenvalue weighted by atomic mass is 10.1. The van der Waals surface area contributed by atoms with Crippen LogP contribution in [0.15, 0.2) is 24.3 Å². The monoisotopic (exact) mass is 395 g/mol. The largest absolute Gasteiger partial charge is 0.438 e. The van der Waals surface area contributed by atoms with E-state index >= 15 is 0 Å². The van der Waals surface area contributed by atoms with E-state index in [1.54, 1.807) is 30.4 Å². The van der Waals surface area contributed by atoms with E-state index in [-0.39, 0.29) is 5.78 Å². The van der Waals surface area contributed by atoms with Gasteiger partial charge >= 0.3 is 0 Å². The average Bonchev–Trinajstić information content (AvgIpc) is 2.97. The number of ketones is 1. The van der Waals surface area contributed by atoms with Crippen molar-refractivity contribution in [1.82, 2.24) is 14.9 Å². The summed E-state index contributed by atoms with van der Waals surface area (Å²) in [6, 6.07) is 7.22. The summed E-state index contributed by atoms with van der Waals surface area (Å²) in [4.78, 5) is 25.8. The molecule has 1 aliphatic heterocycles. The number of nitrogens with zero attached hydrogens (tertiary/aromatic N) is 3. The van der Waals surface area contributed by atoms with Crippen molar-refractivity contribution in [2.45, 2.75) is 46.6 Å². The molecule has 1 fully saturated rings. The van der Waals surface area contributed by atoms with E-state index in [1.807, 2.05) is 12.1 Å². The first-order valence-corrected chi connectivity index (χ1v) is 10.6. The Balaban J connectivity index is 1.68. The molecule has 28 heavy (non-hydrogen) atoms. The Bertz CT molecular complexity index is 1000. The first-order chi connectivity index (χ1) is 13.5. The summed E-state index contributed by atoms with van der Waals surface area (Å²) in [5.74, 6) is 2.14. The number of thiophene rings is 1. The van der Waals surface area contributed by atoms with Crippen LogP contribution in [-0.2, 0) is 6.54 Å². The van der Waals surface area contributed by atoms with Gasteiger partial charge in [0.2, 0.25) is 5.88 Å². The number of carbonyl (C=O) groups is 1. The van der Waals surface area contributed by atoms with Gasteiger partial charge in [-0.1, -0.05) is 6.42 Å². The number of hydrogen-bond acceptors (Lipinski definition) is 6. The fraction of sp³-hybridized carbons (Fsp3) is 0.409. The van der Waals surface area contributed by atoms with Crippen LogP contribution in [0.4, 0.5) is 0 Å². The molecule has 1 aliphatic rings. The third kappa shape index (κ3) is 3.93. The van der Waals surface area contributed by atoms with Crippen LogP contribution in [0.25, 0.3) is 10.2 Å². The van der Waals surface area contributed by atoms with Gasteiger partial charge in [-0.3, -0.25) is 9.69 Å². The number of benzene rings is 1. The molecule has 0 radical (unpaired) electrons. The average molecular weight is 396 g/mol. The second-order valence-corrected chi connectivity index (χ2v) is 8.63. The number of ether oxygens (including phenoxy) is 1. The summed E-state index contributed by atoms with van der Waals surface area (Å²) in [5, 5.41) is 0.987. The lowest BCUT2D eigenvalue weighted by Gasteiger charge is -2.25. The fourth-order valence-corrected chi connectivity index (χ4v) is 4.63. The van der Waals surface area contributed by atoms with Crippen LogP contribution in [0, 0.1) is 13.8 Å². The van der Waals surface area contributed by atoms with Crippen molar-refractivity contribution in [2.24, 2.45) is 0 Å². The van der Waals surface area contributed by atoms with Gasteiger partial charge in [-0.2, -0.15) is 4.98 Å². The molecule has 2 aromatic heterocycles. The Morgan fingerprint density at radius 1 is 1.11 bits per heavy atom. The van der Waals surface area contributed by atoms with Crippen molar-refractivity contribution in [3.05, 3.63) is 46.1 Å². The molecule has 0 atom stereocenters. The highest BCUT2D eigenvalue weighted by Gasteiger charge is 2.19. The highest BCUT2D eigenvalue weighted by molar-refractivity contribution is 7.18. The number of Topliss-reactive ketones (excluding diaryl/α,β-unsaturated/α-hetero) is 1. The van der Waals surface area contributed by atoms with E-state index in [9.17, 15) is 4.79 Å². The van der Waals surface area contributed by atoms with Gasteiger partial charge in [0.05, 0.1) is 11.9 Å². The zero-order valence-electron chi connectivity index (χ0n) is 16.6. The van der Waals surface area contributed by atoms with Crippen molar-refractivity contribution in [3.8, 4) is 11.6 Å². The lowest BCUT2D eigenvalue weighted by molar-refractivity contribution is 0.101. The predicted molar refractivity (Wildman–Crippen MR) is 113 cm³/mol. The molecule has 0 amide bonds. The maximum atomic E-state index is 11.5. The Hall–Kier alpha value is -2.31. The summed E-state index contributed by atoms with van der Waals surface area (Å²) in [7, 11) is 0. The van der Waals surface area contributed by atoms with E-state index in [0.717, 1.165) is 35.7 Å². The van der Waals surface area contributed by atoms with Crippen LogP contribution < -0.4 is 4.74 Å². The first kappa shape index (κ1) is 19.0. The second-order valence-electron chi connectivity index (χ2n) is 7.43. The molecule has 0 aliphatic carbocycles. The molecular weight excluding hydrogens is 370 g/mol. The summed E-state index contributed by atoms with van der Waals surface area (Å²) in [6.45, 7) is 8.73. The molecule has 0 bridgehead atoms. The highest BCUT2D eigenvalue weighted by atomic mass is 32.1. The smallest absolute Gasteiger partial charge is 0.231 e. The molecule has 146 valence electrons. The van der Waals surface area contributed by atoms with E-state index < -0.39 is 0 Å². The molecule has 6 heteroatoms. The molecule has 4 rings (SSSR count). The number of aromatic nitrogens is 2. The van der Waals surface area contributed by atoms with E-state index in [4.69, 9.17) is 14.7 Å². The quantitative estimate of drug-likeness (QED) is 0.550. The Kier molecular flexibility index (Phi) is 5.42. The summed E-state index contributed by atoms with van der Waals surface area (Å²) in [6.07, 6.45) is 3.79. The number of hydrogen-bond donors (Lipinski definition) is 0. The number of piperidine rings is 1. The number of aryl methyl sites for hydroxylation is 2. The zero-order valence-corrected chi connectivity index (χ0v) is 17.4. The van der Waals surface area contributed by atoms with Crippen molar-refractivity contribution in [3.63, 3.8) is 0 Å². The van der Waals surface area contributed by atoms with Crippen molar-refractivity contribution in [1.29, 1.82) is 0 Å². The number of rotatable bonds is 5. The van der Waals surface area contributed by atoms with Crippen LogP contribution in [0.1, 0.15) is 52.8 Å². The van der Waals surface area contributed by atoms with E-state index in [2.05, 4.69) is 18.7 Å². The molecule has 0 unspecified atom stereocenters. The van der Waals surface area contributed by atoms with E-state index in [1.165, 1.54) is 29.7 Å². The molecule has 3 aromatic rings. The van der Waals surface area contributed by atoms with Crippen LogP contribution >= 0.6 is 11.3 Å². The minimum Gasteiger partial charge on any atom is -0.438 e. The topological polar surface area (TPSA) is 55.3 Å². The summed E-state index contributed by atoms with van der Waals surface area (Å²) < 4.78 is 6.18. The maximum Gasteiger partial charge on any atom is 0.231 e. The SMILES string of the molecule is CC(=O)c1ccc(Oc2nc(CN3CCCCC3)nc3sc(C)c(C)c23)cc1. The van der Waals surface area contributed by atoms with Gasteiger partial charge in [-0.15, -0.1) is 11.3 Å². The van der Waals surface area contributed by atoms with Gasteiger partial charge in [0.25, 0.3) is 0 Å². The Morgan fingerprint density at radius 2 is 1.82 bits per heavy atom. The van der Waals surface area contributed by atoms with Gasteiger partial charge in [0.15, 0.2) is 5.78 Å². The Morgan fingerprint density at radius 3 is 2.50 bits per heavy atom. The summed E-state index contributed by atoms with van der Waals surface area (Å²) >= 11 is 1.69. The maximum absolute atomic E-state index is 11.5. The normalized spacial score (nSPS) is 15.1. The second kappa shape index (κ2) is 7.97. The molecule has 0 spiro atoms. The first-order valence-electron chi connectivity index (χ1n) is 9.79. The van der Waals surface area contributed by atoms with Crippen LogP contribution in [0.3, 0.4) is 0 Å². The minimum absolute atomic E-state index is 0.0455. The lowest BCUT2D eigenvalue weighted by Crippen LogP contribution is -2.29. The van der Waals surface area contributed by atoms with Crippen molar-refractivity contribution >= 4 is 27.3 Å². The van der Waals surface area contributed by atoms with Gasteiger partial charge < -0.3 is 4.74 Å². The summed E-state index contributed by atoms with van der Waals surface area (Å²) in [5.41, 5.74) is 1.84. The number of fused-ring (bicyclic) bond motifs is 1. The van der Waals surface area contributed by atoms with Crippen LogP contribution in [0.5, 0.6) is 11.6 Å². The molecule has 0 saturated carbocycles. The molecule has 5 nitrogen and oxygen atoms in total. The third-order valence-electron chi connectivity index (χ3n) is 5.33. The number of carbonyl (C=O) groups excluding carboxylic acids is 1. The predicted octanol–water partition coefficient (Wildman–Crippen LogP) is 5.29. The standard InChI is InChI=1S/C22H25N3O2S/c1-14-16(3)28-22-20(14)21(27-18-9-7-17(8-10-18)15(2)26)23-19(24-22)13-25-11-5-4-6-12-25/h7-10H,4-6,11-13H2,1-3H3. The van der Waals surface area contributed by atoms with Gasteiger partial charge in [0.1, 0.15) is 16.4 Å². The molecule has 1 aromatic carbocycles. The van der Waals surface area contributed by atoms with E-state index in [0.29, 0.717) is 17.2 Å². The third-order valence-corrected chi connectivity index (χ3v) is 6.43. The minimum atomic E-state index is 0.0455. The van der Waals surface area contributed by atoms with Crippen LogP contribution in [-0.4, -0.2) is 33.7 Å². The van der Waals surface area contributed by atoms with Crippen molar-refractivity contribution in [2.75, 3.05) is 13.1 Å². The molecule has 0 N–H and O–H groups in total. The Labute approximate surface area is 169 Å². The van der Waals surface area contributed by atoms with Gasteiger partial charge in [0, 0.05) is 10.4 Å². The highest BCUT2D eigenvalue weighted by Crippen LogP contribution is 2.36. The number of likely N-dealkylation sites (tertiary alicyclic amines) is 1. The fourth-order valence-electron chi connectivity index (χ4n) is 3.59. The van der Waals surface area contributed by atoms with Crippen molar-refractivity contribution < 1.29 is 9.53 Å². The van der Waals surface area contributed by atoms with Gasteiger partial charge in [-0.05, 0) is 76.5 Å². The zero-order chi connectivity index (χ0) is 19.7.